The minimum absolute atomic E-state index is 0.0731. The molecule has 0 unspecified atom stereocenters. The number of ether oxygens (including phenoxy) is 1. The van der Waals surface area contributed by atoms with Crippen LogP contribution in [0.2, 0.25) is 0 Å². The number of amides is 2. The van der Waals surface area contributed by atoms with Gasteiger partial charge < -0.3 is 4.74 Å². The molecule has 0 radical (unpaired) electrons. The molecule has 0 aliphatic heterocycles. The van der Waals surface area contributed by atoms with Crippen LogP contribution in [-0.2, 0) is 0 Å². The average molecular weight is 301 g/mol. The normalized spacial score (nSPS) is 9.86. The Morgan fingerprint density at radius 2 is 1.77 bits per heavy atom. The number of nitro groups is 1. The molecule has 2 aromatic rings. The number of carbonyl (C=O) groups excluding carboxylic acids is 2. The number of hydrogen-bond acceptors (Lipinski definition) is 6. The molecule has 0 aliphatic rings. The van der Waals surface area contributed by atoms with Crippen LogP contribution in [0, 0.1) is 10.1 Å². The van der Waals surface area contributed by atoms with Crippen LogP contribution in [-0.4, -0.2) is 28.8 Å². The maximum Gasteiger partial charge on any atom is 0.288 e. The summed E-state index contributed by atoms with van der Waals surface area (Å²) in [5.41, 5.74) is -0.145. The molecule has 1 aromatic carbocycles. The van der Waals surface area contributed by atoms with Crippen LogP contribution in [0.5, 0.6) is 5.75 Å². The van der Waals surface area contributed by atoms with Crippen molar-refractivity contribution in [2.45, 2.75) is 0 Å². The molecule has 1 aromatic heterocycles. The molecule has 112 valence electrons. The van der Waals surface area contributed by atoms with Crippen LogP contribution < -0.4 is 10.1 Å². The maximum atomic E-state index is 11.9. The number of benzene rings is 1. The highest BCUT2D eigenvalue weighted by Gasteiger charge is 2.15. The Labute approximate surface area is 124 Å². The molecule has 0 saturated heterocycles. The summed E-state index contributed by atoms with van der Waals surface area (Å²) in [5, 5.41) is 12.8. The molecule has 22 heavy (non-hydrogen) atoms. The predicted octanol–water partition coefficient (Wildman–Crippen LogP) is 1.57. The molecule has 0 saturated carbocycles. The van der Waals surface area contributed by atoms with Crippen molar-refractivity contribution in [2.24, 2.45) is 0 Å². The number of nitrogens with one attached hydrogen (secondary N) is 1. The maximum absolute atomic E-state index is 11.9. The van der Waals surface area contributed by atoms with Crippen molar-refractivity contribution < 1.29 is 19.2 Å². The number of nitrogens with zero attached hydrogens (tertiary/aromatic N) is 2. The Balaban J connectivity index is 2.12. The Morgan fingerprint density at radius 3 is 2.36 bits per heavy atom. The minimum Gasteiger partial charge on any atom is -0.497 e. The topological polar surface area (TPSA) is 111 Å². The van der Waals surface area contributed by atoms with Crippen molar-refractivity contribution in [3.05, 3.63) is 64.0 Å². The van der Waals surface area contributed by atoms with Crippen molar-refractivity contribution in [1.29, 1.82) is 0 Å². The van der Waals surface area contributed by atoms with E-state index in [1.807, 2.05) is 0 Å². The lowest BCUT2D eigenvalue weighted by Crippen LogP contribution is -2.30. The summed E-state index contributed by atoms with van der Waals surface area (Å²) in [6, 6.07) is 7.19. The van der Waals surface area contributed by atoms with Gasteiger partial charge in [-0.2, -0.15) is 0 Å². The number of rotatable bonds is 4. The zero-order chi connectivity index (χ0) is 16.1. The molecule has 8 heteroatoms. The molecule has 0 spiro atoms. The van der Waals surface area contributed by atoms with E-state index in [9.17, 15) is 19.7 Å². The number of pyridine rings is 1. The minimum atomic E-state index is -0.767. The van der Waals surface area contributed by atoms with E-state index in [4.69, 9.17) is 4.74 Å². The second-order valence-electron chi connectivity index (χ2n) is 4.20. The summed E-state index contributed by atoms with van der Waals surface area (Å²) >= 11 is 0. The fraction of sp³-hybridized carbons (Fsp3) is 0.0714. The SMILES string of the molecule is COc1ccc(C(=O)NC(=O)c2cncc([N+](=O)[O-])c2)cc1. The summed E-state index contributed by atoms with van der Waals surface area (Å²) in [6.45, 7) is 0. The van der Waals surface area contributed by atoms with Crippen molar-refractivity contribution in [3.63, 3.8) is 0 Å². The Kier molecular flexibility index (Phi) is 4.42. The quantitative estimate of drug-likeness (QED) is 0.521. The highest BCUT2D eigenvalue weighted by molar-refractivity contribution is 6.10. The van der Waals surface area contributed by atoms with Gasteiger partial charge in [0.1, 0.15) is 11.9 Å². The van der Waals surface area contributed by atoms with E-state index in [0.29, 0.717) is 5.75 Å². The number of carbonyl (C=O) groups is 2. The largest absolute Gasteiger partial charge is 0.497 e. The molecule has 2 rings (SSSR count). The van der Waals surface area contributed by atoms with E-state index in [2.05, 4.69) is 10.3 Å². The lowest BCUT2D eigenvalue weighted by molar-refractivity contribution is -0.385. The first kappa shape index (κ1) is 15.1. The first-order valence-electron chi connectivity index (χ1n) is 6.10. The second-order valence-corrected chi connectivity index (χ2v) is 4.20. The lowest BCUT2D eigenvalue weighted by Gasteiger charge is -2.05. The van der Waals surface area contributed by atoms with Gasteiger partial charge in [-0.3, -0.25) is 30.0 Å². The Morgan fingerprint density at radius 1 is 1.14 bits per heavy atom. The molecular formula is C14H11N3O5. The lowest BCUT2D eigenvalue weighted by atomic mass is 10.2. The molecule has 8 nitrogen and oxygen atoms in total. The van der Waals surface area contributed by atoms with Gasteiger partial charge in [-0.1, -0.05) is 0 Å². The Hall–Kier alpha value is -3.29. The molecule has 2 amide bonds. The third-order valence-corrected chi connectivity index (χ3v) is 2.78. The van der Waals surface area contributed by atoms with Gasteiger partial charge in [-0.05, 0) is 24.3 Å². The monoisotopic (exact) mass is 301 g/mol. The third-order valence-electron chi connectivity index (χ3n) is 2.78. The number of imide groups is 1. The first-order chi connectivity index (χ1) is 10.5. The standard InChI is InChI=1S/C14H11N3O5/c1-22-12-4-2-9(3-5-12)13(18)16-14(19)10-6-11(17(20)21)8-15-7-10/h2-8H,1H3,(H,16,18,19). The summed E-state index contributed by atoms with van der Waals surface area (Å²) in [6.07, 6.45) is 2.16. The zero-order valence-electron chi connectivity index (χ0n) is 11.5. The van der Waals surface area contributed by atoms with Gasteiger partial charge >= 0.3 is 0 Å². The average Bonchev–Trinajstić information content (AvgIpc) is 2.54. The molecule has 0 fully saturated rings. The number of aromatic nitrogens is 1. The Bertz CT molecular complexity index is 728. The van der Waals surface area contributed by atoms with Gasteiger partial charge in [0.05, 0.1) is 17.6 Å². The fourth-order valence-electron chi connectivity index (χ4n) is 1.64. The smallest absolute Gasteiger partial charge is 0.288 e. The summed E-state index contributed by atoms with van der Waals surface area (Å²) in [5.74, 6) is -0.818. The number of methoxy groups -OCH3 is 1. The van der Waals surface area contributed by atoms with Gasteiger partial charge in [0, 0.05) is 17.8 Å². The van der Waals surface area contributed by atoms with Crippen LogP contribution in [0.4, 0.5) is 5.69 Å². The van der Waals surface area contributed by atoms with E-state index in [-0.39, 0.29) is 16.8 Å². The molecule has 1 N–H and O–H groups in total. The van der Waals surface area contributed by atoms with Gasteiger partial charge in [-0.25, -0.2) is 0 Å². The van der Waals surface area contributed by atoms with Crippen LogP contribution in [0.25, 0.3) is 0 Å². The van der Waals surface area contributed by atoms with Crippen LogP contribution in [0.1, 0.15) is 20.7 Å². The van der Waals surface area contributed by atoms with E-state index in [0.717, 1.165) is 18.5 Å². The van der Waals surface area contributed by atoms with Crippen LogP contribution >= 0.6 is 0 Å². The predicted molar refractivity (Wildman–Crippen MR) is 75.7 cm³/mol. The van der Waals surface area contributed by atoms with E-state index < -0.39 is 16.7 Å². The summed E-state index contributed by atoms with van der Waals surface area (Å²) in [4.78, 5) is 37.4. The first-order valence-corrected chi connectivity index (χ1v) is 6.10. The highest BCUT2D eigenvalue weighted by Crippen LogP contribution is 2.13. The fourth-order valence-corrected chi connectivity index (χ4v) is 1.64. The van der Waals surface area contributed by atoms with E-state index >= 15 is 0 Å². The van der Waals surface area contributed by atoms with Crippen molar-refractivity contribution in [3.8, 4) is 5.75 Å². The van der Waals surface area contributed by atoms with Gasteiger partial charge in [0.2, 0.25) is 0 Å². The van der Waals surface area contributed by atoms with E-state index in [1.165, 1.54) is 19.2 Å². The van der Waals surface area contributed by atoms with Crippen molar-refractivity contribution in [2.75, 3.05) is 7.11 Å². The summed E-state index contributed by atoms with van der Waals surface area (Å²) < 4.78 is 4.96. The highest BCUT2D eigenvalue weighted by atomic mass is 16.6. The molecule has 0 aliphatic carbocycles. The van der Waals surface area contributed by atoms with Crippen LogP contribution in [0.15, 0.2) is 42.7 Å². The number of hydrogen-bond donors (Lipinski definition) is 1. The molecule has 1 heterocycles. The molecule has 0 atom stereocenters. The van der Waals surface area contributed by atoms with Gasteiger partial charge in [0.25, 0.3) is 17.5 Å². The van der Waals surface area contributed by atoms with Gasteiger partial charge in [-0.15, -0.1) is 0 Å². The van der Waals surface area contributed by atoms with Crippen LogP contribution in [0.3, 0.4) is 0 Å². The third kappa shape index (κ3) is 3.42. The van der Waals surface area contributed by atoms with Crippen molar-refractivity contribution >= 4 is 17.5 Å². The summed E-state index contributed by atoms with van der Waals surface area (Å²) in [7, 11) is 1.49. The van der Waals surface area contributed by atoms with Gasteiger partial charge in [0.15, 0.2) is 0 Å². The molecular weight excluding hydrogens is 290 g/mol. The zero-order valence-corrected chi connectivity index (χ0v) is 11.5. The molecule has 0 bridgehead atoms. The second kappa shape index (κ2) is 6.44. The van der Waals surface area contributed by atoms with E-state index in [1.54, 1.807) is 12.1 Å². The van der Waals surface area contributed by atoms with Crippen molar-refractivity contribution in [1.82, 2.24) is 10.3 Å².